The smallest absolute Gasteiger partial charge is 0.0192 e. The third-order valence-electron chi connectivity index (χ3n) is 5.34. The minimum absolute atomic E-state index is 0.530. The van der Waals surface area contributed by atoms with Crippen LogP contribution < -0.4 is 5.32 Å². The summed E-state index contributed by atoms with van der Waals surface area (Å²) in [5.74, 6) is 0.909. The standard InChI is InChI=1S/C16H33N3/c1-14-6-5-7-16(10-14,12-17-3)13-19-9-8-18(4)15(2)11-19/h14-15,17H,5-13H2,1-4H3. The van der Waals surface area contributed by atoms with Gasteiger partial charge in [0, 0.05) is 38.8 Å². The maximum Gasteiger partial charge on any atom is 0.0192 e. The summed E-state index contributed by atoms with van der Waals surface area (Å²) in [6.45, 7) is 11.0. The summed E-state index contributed by atoms with van der Waals surface area (Å²) in [5.41, 5.74) is 0.530. The summed E-state index contributed by atoms with van der Waals surface area (Å²) < 4.78 is 0. The van der Waals surface area contributed by atoms with Crippen LogP contribution >= 0.6 is 0 Å². The van der Waals surface area contributed by atoms with Crippen molar-refractivity contribution >= 4 is 0 Å². The van der Waals surface area contributed by atoms with Gasteiger partial charge in [-0.25, -0.2) is 0 Å². The third kappa shape index (κ3) is 3.93. The maximum absolute atomic E-state index is 3.47. The molecule has 2 aliphatic rings. The molecular weight excluding hydrogens is 234 g/mol. The predicted octanol–water partition coefficient (Wildman–Crippen LogP) is 2.04. The number of nitrogens with one attached hydrogen (secondary N) is 1. The highest BCUT2D eigenvalue weighted by atomic mass is 15.3. The van der Waals surface area contributed by atoms with E-state index in [1.54, 1.807) is 0 Å². The van der Waals surface area contributed by atoms with Crippen LogP contribution in [-0.4, -0.2) is 62.7 Å². The van der Waals surface area contributed by atoms with Crippen LogP contribution in [0.15, 0.2) is 0 Å². The van der Waals surface area contributed by atoms with Crippen molar-refractivity contribution in [3.05, 3.63) is 0 Å². The first-order chi connectivity index (χ1) is 9.04. The van der Waals surface area contributed by atoms with E-state index in [2.05, 4.69) is 43.1 Å². The van der Waals surface area contributed by atoms with E-state index in [9.17, 15) is 0 Å². The van der Waals surface area contributed by atoms with Crippen LogP contribution in [0.3, 0.4) is 0 Å². The summed E-state index contributed by atoms with van der Waals surface area (Å²) in [6.07, 6.45) is 5.68. The number of rotatable bonds is 4. The van der Waals surface area contributed by atoms with Crippen LogP contribution in [0, 0.1) is 11.3 Å². The van der Waals surface area contributed by atoms with E-state index in [-0.39, 0.29) is 0 Å². The zero-order chi connectivity index (χ0) is 13.9. The Balaban J connectivity index is 1.96. The van der Waals surface area contributed by atoms with Gasteiger partial charge in [-0.05, 0) is 45.2 Å². The second-order valence-corrected chi connectivity index (χ2v) is 7.30. The minimum Gasteiger partial charge on any atom is -0.319 e. The minimum atomic E-state index is 0.530. The molecule has 2 fully saturated rings. The van der Waals surface area contributed by atoms with Crippen molar-refractivity contribution in [1.29, 1.82) is 0 Å². The Bertz CT molecular complexity index is 277. The lowest BCUT2D eigenvalue weighted by Gasteiger charge is -2.46. The number of hydrogen-bond acceptors (Lipinski definition) is 3. The van der Waals surface area contributed by atoms with Crippen molar-refractivity contribution < 1.29 is 0 Å². The Labute approximate surface area is 119 Å². The monoisotopic (exact) mass is 267 g/mol. The van der Waals surface area contributed by atoms with Crippen LogP contribution in [-0.2, 0) is 0 Å². The van der Waals surface area contributed by atoms with Gasteiger partial charge in [0.05, 0.1) is 0 Å². The first-order valence-electron chi connectivity index (χ1n) is 8.12. The summed E-state index contributed by atoms with van der Waals surface area (Å²) >= 11 is 0. The number of hydrogen-bond donors (Lipinski definition) is 1. The summed E-state index contributed by atoms with van der Waals surface area (Å²) in [6, 6.07) is 0.710. The van der Waals surface area contributed by atoms with E-state index in [0.29, 0.717) is 11.5 Å². The average Bonchev–Trinajstić information content (AvgIpc) is 2.34. The lowest BCUT2D eigenvalue weighted by Crippen LogP contribution is -2.54. The zero-order valence-electron chi connectivity index (χ0n) is 13.4. The van der Waals surface area contributed by atoms with E-state index in [0.717, 1.165) is 5.92 Å². The molecule has 0 aromatic rings. The lowest BCUT2D eigenvalue weighted by molar-refractivity contribution is 0.0373. The second kappa shape index (κ2) is 6.55. The largest absolute Gasteiger partial charge is 0.319 e. The second-order valence-electron chi connectivity index (χ2n) is 7.30. The molecule has 0 bridgehead atoms. The fourth-order valence-electron chi connectivity index (χ4n) is 4.25. The molecule has 1 heterocycles. The van der Waals surface area contributed by atoms with Gasteiger partial charge in [-0.15, -0.1) is 0 Å². The van der Waals surface area contributed by atoms with E-state index >= 15 is 0 Å². The SMILES string of the molecule is CNCC1(CN2CCN(C)C(C)C2)CCCC(C)C1. The molecule has 1 saturated carbocycles. The fraction of sp³-hybridized carbons (Fsp3) is 1.00. The predicted molar refractivity (Wildman–Crippen MR) is 82.5 cm³/mol. The van der Waals surface area contributed by atoms with Crippen LogP contribution in [0.1, 0.15) is 39.5 Å². The molecule has 1 N–H and O–H groups in total. The van der Waals surface area contributed by atoms with Crippen LogP contribution in [0.2, 0.25) is 0 Å². The molecule has 19 heavy (non-hydrogen) atoms. The normalized spacial score (nSPS) is 38.5. The van der Waals surface area contributed by atoms with Gasteiger partial charge in [-0.2, -0.15) is 0 Å². The third-order valence-corrected chi connectivity index (χ3v) is 5.34. The Hall–Kier alpha value is -0.120. The highest BCUT2D eigenvalue weighted by molar-refractivity contribution is 4.91. The Morgan fingerprint density at radius 2 is 2.05 bits per heavy atom. The highest BCUT2D eigenvalue weighted by Crippen LogP contribution is 2.39. The highest BCUT2D eigenvalue weighted by Gasteiger charge is 2.37. The molecule has 0 aromatic carbocycles. The molecule has 1 aliphatic heterocycles. The van der Waals surface area contributed by atoms with Crippen molar-refractivity contribution in [2.45, 2.75) is 45.6 Å². The van der Waals surface area contributed by atoms with Gasteiger partial charge in [-0.3, -0.25) is 4.90 Å². The molecule has 3 heteroatoms. The first-order valence-corrected chi connectivity index (χ1v) is 8.12. The Morgan fingerprint density at radius 1 is 1.26 bits per heavy atom. The molecule has 0 radical (unpaired) electrons. The molecular formula is C16H33N3. The Kier molecular flexibility index (Phi) is 5.27. The van der Waals surface area contributed by atoms with Crippen LogP contribution in [0.5, 0.6) is 0 Å². The van der Waals surface area contributed by atoms with E-state index in [1.165, 1.54) is 58.4 Å². The maximum atomic E-state index is 3.47. The summed E-state index contributed by atoms with van der Waals surface area (Å²) in [5, 5.41) is 3.47. The van der Waals surface area contributed by atoms with Gasteiger partial charge in [0.15, 0.2) is 0 Å². The van der Waals surface area contributed by atoms with E-state index in [4.69, 9.17) is 0 Å². The van der Waals surface area contributed by atoms with Crippen molar-refractivity contribution in [2.24, 2.45) is 11.3 Å². The van der Waals surface area contributed by atoms with Crippen molar-refractivity contribution in [1.82, 2.24) is 15.1 Å². The van der Waals surface area contributed by atoms with Gasteiger partial charge >= 0.3 is 0 Å². The van der Waals surface area contributed by atoms with E-state index in [1.807, 2.05) is 0 Å². The van der Waals surface area contributed by atoms with Crippen molar-refractivity contribution in [3.8, 4) is 0 Å². The molecule has 0 aromatic heterocycles. The number of likely N-dealkylation sites (N-methyl/N-ethyl adjacent to an activating group) is 1. The topological polar surface area (TPSA) is 18.5 Å². The number of nitrogens with zero attached hydrogens (tertiary/aromatic N) is 2. The molecule has 112 valence electrons. The van der Waals surface area contributed by atoms with Gasteiger partial charge in [0.25, 0.3) is 0 Å². The zero-order valence-corrected chi connectivity index (χ0v) is 13.4. The van der Waals surface area contributed by atoms with Crippen LogP contribution in [0.25, 0.3) is 0 Å². The van der Waals surface area contributed by atoms with Gasteiger partial charge < -0.3 is 10.2 Å². The van der Waals surface area contributed by atoms with Gasteiger partial charge in [-0.1, -0.05) is 19.8 Å². The molecule has 3 nitrogen and oxygen atoms in total. The number of piperazine rings is 1. The Morgan fingerprint density at radius 3 is 2.68 bits per heavy atom. The first kappa shape index (κ1) is 15.3. The molecule has 1 saturated heterocycles. The molecule has 1 aliphatic carbocycles. The lowest BCUT2D eigenvalue weighted by atomic mass is 9.69. The molecule has 3 atom stereocenters. The van der Waals surface area contributed by atoms with E-state index < -0.39 is 0 Å². The summed E-state index contributed by atoms with van der Waals surface area (Å²) in [7, 11) is 4.38. The molecule has 2 rings (SSSR count). The van der Waals surface area contributed by atoms with Crippen LogP contribution in [0.4, 0.5) is 0 Å². The van der Waals surface area contributed by atoms with Crippen molar-refractivity contribution in [2.75, 3.05) is 46.8 Å². The molecule has 0 spiro atoms. The molecule has 0 amide bonds. The van der Waals surface area contributed by atoms with Gasteiger partial charge in [0.1, 0.15) is 0 Å². The summed E-state index contributed by atoms with van der Waals surface area (Å²) in [4.78, 5) is 5.21. The van der Waals surface area contributed by atoms with Crippen molar-refractivity contribution in [3.63, 3.8) is 0 Å². The van der Waals surface area contributed by atoms with Gasteiger partial charge in [0.2, 0.25) is 0 Å². The molecule has 3 unspecified atom stereocenters. The average molecular weight is 267 g/mol. The fourth-order valence-corrected chi connectivity index (χ4v) is 4.25. The quantitative estimate of drug-likeness (QED) is 0.841.